The number of ether oxygens (including phenoxy) is 2. The van der Waals surface area contributed by atoms with Gasteiger partial charge < -0.3 is 14.4 Å². The fourth-order valence-corrected chi connectivity index (χ4v) is 2.90. The standard InChI is InChI=1S/C20H35NO4/c1-5-17-13-11-9-7-6-8-10-12-14-18(22)24-16-15-21(17)19(23)25-20(2,3)4/h6,8,17H,5,7,9-16H2,1-4H3/b8-6-. The third kappa shape index (κ3) is 9.51. The van der Waals surface area contributed by atoms with E-state index in [1.165, 1.54) is 0 Å². The molecule has 5 nitrogen and oxygen atoms in total. The number of esters is 1. The van der Waals surface area contributed by atoms with Gasteiger partial charge in [-0.1, -0.05) is 25.5 Å². The van der Waals surface area contributed by atoms with E-state index in [1.807, 2.05) is 20.8 Å². The van der Waals surface area contributed by atoms with Crippen LogP contribution >= 0.6 is 0 Å². The maximum absolute atomic E-state index is 12.6. The Bertz CT molecular complexity index is 439. The van der Waals surface area contributed by atoms with Gasteiger partial charge in [-0.2, -0.15) is 0 Å². The highest BCUT2D eigenvalue weighted by atomic mass is 16.6. The SMILES string of the molecule is CCC1CCCC/C=C\CCCC(=O)OCCN1C(=O)OC(C)(C)C. The fourth-order valence-electron chi connectivity index (χ4n) is 2.90. The summed E-state index contributed by atoms with van der Waals surface area (Å²) < 4.78 is 10.9. The number of allylic oxidation sites excluding steroid dienone is 2. The first kappa shape index (κ1) is 21.5. The van der Waals surface area contributed by atoms with E-state index in [1.54, 1.807) is 4.90 Å². The predicted octanol–water partition coefficient (Wildman–Crippen LogP) is 4.85. The minimum atomic E-state index is -0.534. The van der Waals surface area contributed by atoms with Gasteiger partial charge in [-0.05, 0) is 59.3 Å². The molecule has 0 aromatic heterocycles. The second-order valence-corrected chi connectivity index (χ2v) is 7.60. The van der Waals surface area contributed by atoms with Crippen LogP contribution in [-0.2, 0) is 14.3 Å². The average molecular weight is 354 g/mol. The van der Waals surface area contributed by atoms with E-state index in [-0.39, 0.29) is 24.7 Å². The Morgan fingerprint density at radius 2 is 1.92 bits per heavy atom. The van der Waals surface area contributed by atoms with Crippen molar-refractivity contribution >= 4 is 12.1 Å². The van der Waals surface area contributed by atoms with Crippen molar-refractivity contribution in [3.8, 4) is 0 Å². The number of hydrogen-bond acceptors (Lipinski definition) is 4. The van der Waals surface area contributed by atoms with Gasteiger partial charge in [0.05, 0.1) is 6.54 Å². The van der Waals surface area contributed by atoms with Crippen LogP contribution in [0.25, 0.3) is 0 Å². The Balaban J connectivity index is 2.78. The van der Waals surface area contributed by atoms with Crippen LogP contribution in [0.3, 0.4) is 0 Å². The average Bonchev–Trinajstić information content (AvgIpc) is 2.52. The van der Waals surface area contributed by atoms with Crippen molar-refractivity contribution in [2.24, 2.45) is 0 Å². The second kappa shape index (κ2) is 11.2. The number of nitrogens with zero attached hydrogens (tertiary/aromatic N) is 1. The Labute approximate surface area is 152 Å². The topological polar surface area (TPSA) is 55.8 Å². The normalized spacial score (nSPS) is 23.1. The Morgan fingerprint density at radius 1 is 1.24 bits per heavy atom. The van der Waals surface area contributed by atoms with E-state index < -0.39 is 5.60 Å². The summed E-state index contributed by atoms with van der Waals surface area (Å²) in [6.45, 7) is 8.30. The minimum Gasteiger partial charge on any atom is -0.464 e. The summed E-state index contributed by atoms with van der Waals surface area (Å²) >= 11 is 0. The lowest BCUT2D eigenvalue weighted by molar-refractivity contribution is -0.144. The second-order valence-electron chi connectivity index (χ2n) is 7.60. The molecule has 0 aromatic carbocycles. The molecule has 0 N–H and O–H groups in total. The minimum absolute atomic E-state index is 0.114. The van der Waals surface area contributed by atoms with Crippen LogP contribution in [0.4, 0.5) is 4.79 Å². The summed E-state index contributed by atoms with van der Waals surface area (Å²) in [7, 11) is 0. The molecular formula is C20H35NO4. The summed E-state index contributed by atoms with van der Waals surface area (Å²) in [5, 5.41) is 0. The van der Waals surface area contributed by atoms with Gasteiger partial charge in [-0.25, -0.2) is 4.79 Å². The first-order valence-corrected chi connectivity index (χ1v) is 9.63. The van der Waals surface area contributed by atoms with E-state index in [0.29, 0.717) is 13.0 Å². The number of rotatable bonds is 1. The summed E-state index contributed by atoms with van der Waals surface area (Å²) in [5.41, 5.74) is -0.534. The molecule has 0 radical (unpaired) electrons. The summed E-state index contributed by atoms with van der Waals surface area (Å²) in [4.78, 5) is 26.2. The van der Waals surface area contributed by atoms with Crippen molar-refractivity contribution < 1.29 is 19.1 Å². The molecule has 0 saturated carbocycles. The smallest absolute Gasteiger partial charge is 0.410 e. The highest BCUT2D eigenvalue weighted by molar-refractivity contribution is 5.70. The molecule has 1 rings (SSSR count). The van der Waals surface area contributed by atoms with Gasteiger partial charge in [0.1, 0.15) is 12.2 Å². The zero-order chi connectivity index (χ0) is 18.7. The molecule has 1 unspecified atom stereocenters. The van der Waals surface area contributed by atoms with Gasteiger partial charge in [-0.15, -0.1) is 0 Å². The summed E-state index contributed by atoms with van der Waals surface area (Å²) in [5.74, 6) is -0.194. The lowest BCUT2D eigenvalue weighted by Gasteiger charge is -2.33. The monoisotopic (exact) mass is 353 g/mol. The molecule has 0 spiro atoms. The Morgan fingerprint density at radius 3 is 2.56 bits per heavy atom. The maximum Gasteiger partial charge on any atom is 0.410 e. The van der Waals surface area contributed by atoms with Gasteiger partial charge in [0.2, 0.25) is 0 Å². The number of carbonyl (C=O) groups is 2. The number of hydrogen-bond donors (Lipinski definition) is 0. The van der Waals surface area contributed by atoms with Gasteiger partial charge >= 0.3 is 12.1 Å². The molecule has 1 aliphatic heterocycles. The van der Waals surface area contributed by atoms with Crippen LogP contribution in [0.5, 0.6) is 0 Å². The fraction of sp³-hybridized carbons (Fsp3) is 0.800. The molecule has 1 atom stereocenters. The highest BCUT2D eigenvalue weighted by Crippen LogP contribution is 2.18. The van der Waals surface area contributed by atoms with Crippen LogP contribution in [-0.4, -0.2) is 41.8 Å². The van der Waals surface area contributed by atoms with E-state index in [4.69, 9.17) is 9.47 Å². The Kier molecular flexibility index (Phi) is 9.61. The number of cyclic esters (lactones) is 1. The van der Waals surface area contributed by atoms with Gasteiger partial charge in [-0.3, -0.25) is 4.79 Å². The molecule has 5 heteroatoms. The summed E-state index contributed by atoms with van der Waals surface area (Å²) in [6, 6.07) is 0.114. The maximum atomic E-state index is 12.6. The van der Waals surface area contributed by atoms with E-state index in [2.05, 4.69) is 19.1 Å². The molecule has 144 valence electrons. The molecular weight excluding hydrogens is 318 g/mol. The molecule has 25 heavy (non-hydrogen) atoms. The third-order valence-corrected chi connectivity index (χ3v) is 4.21. The molecule has 0 fully saturated rings. The van der Waals surface area contributed by atoms with Crippen LogP contribution in [0.1, 0.15) is 79.1 Å². The summed E-state index contributed by atoms with van der Waals surface area (Å²) in [6.07, 6.45) is 11.2. The molecule has 0 bridgehead atoms. The molecule has 0 aromatic rings. The lowest BCUT2D eigenvalue weighted by Crippen LogP contribution is -2.45. The Hall–Kier alpha value is -1.52. The number of carbonyl (C=O) groups excluding carboxylic acids is 2. The largest absolute Gasteiger partial charge is 0.464 e. The van der Waals surface area contributed by atoms with Crippen molar-refractivity contribution in [1.29, 1.82) is 0 Å². The molecule has 0 aliphatic carbocycles. The first-order chi connectivity index (χ1) is 11.8. The lowest BCUT2D eigenvalue weighted by atomic mass is 10.0. The molecule has 1 heterocycles. The van der Waals surface area contributed by atoms with Crippen molar-refractivity contribution in [1.82, 2.24) is 4.90 Å². The van der Waals surface area contributed by atoms with Crippen molar-refractivity contribution in [2.45, 2.75) is 90.7 Å². The van der Waals surface area contributed by atoms with Crippen LogP contribution in [0.2, 0.25) is 0 Å². The van der Waals surface area contributed by atoms with Crippen molar-refractivity contribution in [3.63, 3.8) is 0 Å². The zero-order valence-corrected chi connectivity index (χ0v) is 16.4. The third-order valence-electron chi connectivity index (χ3n) is 4.21. The van der Waals surface area contributed by atoms with Gasteiger partial charge in [0, 0.05) is 12.5 Å². The van der Waals surface area contributed by atoms with E-state index in [0.717, 1.165) is 44.9 Å². The van der Waals surface area contributed by atoms with Crippen LogP contribution in [0.15, 0.2) is 12.2 Å². The van der Waals surface area contributed by atoms with Crippen LogP contribution < -0.4 is 0 Å². The molecule has 1 aliphatic rings. The van der Waals surface area contributed by atoms with E-state index in [9.17, 15) is 9.59 Å². The van der Waals surface area contributed by atoms with Gasteiger partial charge in [0.25, 0.3) is 0 Å². The zero-order valence-electron chi connectivity index (χ0n) is 16.4. The van der Waals surface area contributed by atoms with Crippen LogP contribution in [0, 0.1) is 0 Å². The van der Waals surface area contributed by atoms with Crippen molar-refractivity contribution in [2.75, 3.05) is 13.2 Å². The quantitative estimate of drug-likeness (QED) is 0.500. The predicted molar refractivity (Wildman–Crippen MR) is 99.4 cm³/mol. The highest BCUT2D eigenvalue weighted by Gasteiger charge is 2.27. The molecule has 0 saturated heterocycles. The first-order valence-electron chi connectivity index (χ1n) is 9.63. The molecule has 1 amide bonds. The van der Waals surface area contributed by atoms with Gasteiger partial charge in [0.15, 0.2) is 0 Å². The number of amides is 1. The van der Waals surface area contributed by atoms with E-state index >= 15 is 0 Å². The van der Waals surface area contributed by atoms with Crippen molar-refractivity contribution in [3.05, 3.63) is 12.2 Å².